The van der Waals surface area contributed by atoms with Crippen molar-refractivity contribution in [3.8, 4) is 6.07 Å². The highest BCUT2D eigenvalue weighted by molar-refractivity contribution is 7.99. The molecule has 0 atom stereocenters. The van der Waals surface area contributed by atoms with Gasteiger partial charge in [0.05, 0.1) is 23.9 Å². The Hall–Kier alpha value is -2.53. The molecule has 0 aromatic heterocycles. The number of thioether (sulfide) groups is 1. The van der Waals surface area contributed by atoms with E-state index in [2.05, 4.69) is 10.6 Å². The minimum absolute atomic E-state index is 0.00146. The summed E-state index contributed by atoms with van der Waals surface area (Å²) in [7, 11) is 0. The highest BCUT2D eigenvalue weighted by atomic mass is 32.2. The van der Waals surface area contributed by atoms with Crippen LogP contribution in [0.25, 0.3) is 0 Å². The number of ether oxygens (including phenoxy) is 1. The average Bonchev–Trinajstić information content (AvgIpc) is 2.52. The van der Waals surface area contributed by atoms with Crippen LogP contribution in [-0.4, -0.2) is 36.7 Å². The van der Waals surface area contributed by atoms with E-state index in [-0.39, 0.29) is 24.6 Å². The lowest BCUT2D eigenvalue weighted by atomic mass is 10.3. The van der Waals surface area contributed by atoms with E-state index in [0.717, 1.165) is 4.90 Å². The molecule has 2 amide bonds. The van der Waals surface area contributed by atoms with E-state index >= 15 is 0 Å². The maximum absolute atomic E-state index is 11.8. The summed E-state index contributed by atoms with van der Waals surface area (Å²) in [6.07, 6.45) is 0.00146. The van der Waals surface area contributed by atoms with Crippen molar-refractivity contribution in [2.24, 2.45) is 0 Å². The van der Waals surface area contributed by atoms with Gasteiger partial charge in [-0.3, -0.25) is 14.4 Å². The van der Waals surface area contributed by atoms with Crippen LogP contribution >= 0.6 is 11.8 Å². The summed E-state index contributed by atoms with van der Waals surface area (Å²) in [5.41, 5.74) is 0.562. The molecule has 1 rings (SSSR count). The third kappa shape index (κ3) is 7.87. The van der Waals surface area contributed by atoms with Gasteiger partial charge in [-0.2, -0.15) is 5.26 Å². The number of benzene rings is 1. The number of hydrogen-bond donors (Lipinski definition) is 2. The zero-order chi connectivity index (χ0) is 17.1. The van der Waals surface area contributed by atoms with E-state index in [1.165, 1.54) is 18.7 Å². The van der Waals surface area contributed by atoms with Crippen molar-refractivity contribution in [3.63, 3.8) is 0 Å². The monoisotopic (exact) mass is 335 g/mol. The van der Waals surface area contributed by atoms with Crippen LogP contribution in [0.1, 0.15) is 13.3 Å². The van der Waals surface area contributed by atoms with Gasteiger partial charge in [-0.05, 0) is 12.1 Å². The fourth-order valence-electron chi connectivity index (χ4n) is 1.55. The van der Waals surface area contributed by atoms with Gasteiger partial charge in [-0.15, -0.1) is 11.8 Å². The standard InChI is InChI=1S/C15H17N3O4S/c1-11(19)17-8-6-15(21)22-10-14(20)18-12-4-2-3-5-13(12)23-9-7-16/h2-5H,6,8-10H2,1H3,(H,17,19)(H,18,20). The van der Waals surface area contributed by atoms with Crippen LogP contribution in [0.2, 0.25) is 0 Å². The van der Waals surface area contributed by atoms with Gasteiger partial charge in [0.15, 0.2) is 6.61 Å². The van der Waals surface area contributed by atoms with Crippen molar-refractivity contribution < 1.29 is 19.1 Å². The quantitative estimate of drug-likeness (QED) is 0.548. The number of esters is 1. The SMILES string of the molecule is CC(=O)NCCC(=O)OCC(=O)Nc1ccccc1SCC#N. The molecule has 0 saturated heterocycles. The molecule has 0 aliphatic carbocycles. The predicted molar refractivity (Wildman–Crippen MR) is 85.7 cm³/mol. The molecule has 0 aliphatic rings. The van der Waals surface area contributed by atoms with Crippen LogP contribution in [0.5, 0.6) is 0 Å². The second-order valence-electron chi connectivity index (χ2n) is 4.38. The van der Waals surface area contributed by atoms with E-state index < -0.39 is 18.5 Å². The van der Waals surface area contributed by atoms with Crippen LogP contribution < -0.4 is 10.6 Å². The molecular formula is C15H17N3O4S. The number of amides is 2. The highest BCUT2D eigenvalue weighted by Crippen LogP contribution is 2.26. The zero-order valence-electron chi connectivity index (χ0n) is 12.6. The minimum atomic E-state index is -0.568. The largest absolute Gasteiger partial charge is 0.456 e. The number of nitrogens with one attached hydrogen (secondary N) is 2. The average molecular weight is 335 g/mol. The fourth-order valence-corrected chi connectivity index (χ4v) is 2.22. The fraction of sp³-hybridized carbons (Fsp3) is 0.333. The summed E-state index contributed by atoms with van der Waals surface area (Å²) in [4.78, 5) is 34.6. The van der Waals surface area contributed by atoms with Gasteiger partial charge in [-0.25, -0.2) is 0 Å². The van der Waals surface area contributed by atoms with Crippen LogP contribution in [0.15, 0.2) is 29.2 Å². The Morgan fingerprint density at radius 3 is 2.74 bits per heavy atom. The Kier molecular flexibility index (Phi) is 8.24. The third-order valence-corrected chi connectivity index (χ3v) is 3.46. The number of rotatable bonds is 8. The number of nitriles is 1. The van der Waals surface area contributed by atoms with Gasteiger partial charge in [0.1, 0.15) is 0 Å². The molecule has 122 valence electrons. The normalized spacial score (nSPS) is 9.57. The van der Waals surface area contributed by atoms with Gasteiger partial charge < -0.3 is 15.4 Å². The van der Waals surface area contributed by atoms with Gasteiger partial charge in [0.25, 0.3) is 5.91 Å². The number of carbonyl (C=O) groups is 3. The number of hydrogen-bond acceptors (Lipinski definition) is 6. The Morgan fingerprint density at radius 1 is 1.30 bits per heavy atom. The first kappa shape index (κ1) is 18.5. The predicted octanol–water partition coefficient (Wildman–Crippen LogP) is 1.31. The molecule has 7 nitrogen and oxygen atoms in total. The molecule has 0 saturated carbocycles. The van der Waals surface area contributed by atoms with Crippen LogP contribution in [0.4, 0.5) is 5.69 Å². The van der Waals surface area contributed by atoms with E-state index in [1.807, 2.05) is 6.07 Å². The Morgan fingerprint density at radius 2 is 2.04 bits per heavy atom. The smallest absolute Gasteiger partial charge is 0.308 e. The van der Waals surface area contributed by atoms with Crippen molar-refractivity contribution in [1.29, 1.82) is 5.26 Å². The molecule has 0 spiro atoms. The van der Waals surface area contributed by atoms with E-state index in [1.54, 1.807) is 24.3 Å². The van der Waals surface area contributed by atoms with Gasteiger partial charge in [0.2, 0.25) is 5.91 Å². The summed E-state index contributed by atoms with van der Waals surface area (Å²) in [5, 5.41) is 13.7. The van der Waals surface area contributed by atoms with Crippen LogP contribution in [0, 0.1) is 11.3 Å². The molecule has 0 aliphatic heterocycles. The first-order valence-electron chi connectivity index (χ1n) is 6.81. The minimum Gasteiger partial charge on any atom is -0.456 e. The van der Waals surface area contributed by atoms with Gasteiger partial charge in [-0.1, -0.05) is 12.1 Å². The first-order valence-corrected chi connectivity index (χ1v) is 7.80. The van der Waals surface area contributed by atoms with Crippen molar-refractivity contribution in [2.45, 2.75) is 18.2 Å². The lowest BCUT2D eigenvalue weighted by Gasteiger charge is -2.10. The molecule has 0 bridgehead atoms. The number of para-hydroxylation sites is 1. The Balaban J connectivity index is 2.41. The summed E-state index contributed by atoms with van der Waals surface area (Å²) in [6, 6.07) is 9.07. The van der Waals surface area contributed by atoms with Crippen molar-refractivity contribution in [2.75, 3.05) is 24.2 Å². The van der Waals surface area contributed by atoms with E-state index in [9.17, 15) is 14.4 Å². The Bertz CT molecular complexity index is 613. The second-order valence-corrected chi connectivity index (χ2v) is 5.40. The number of nitrogens with zero attached hydrogens (tertiary/aromatic N) is 1. The van der Waals surface area contributed by atoms with Crippen LogP contribution in [0.3, 0.4) is 0 Å². The second kappa shape index (κ2) is 10.2. The molecule has 1 aromatic rings. The molecule has 8 heteroatoms. The van der Waals surface area contributed by atoms with Gasteiger partial charge in [0, 0.05) is 18.4 Å². The molecule has 0 fully saturated rings. The summed E-state index contributed by atoms with van der Waals surface area (Å²) in [6.45, 7) is 1.11. The number of carbonyl (C=O) groups excluding carboxylic acids is 3. The molecule has 0 radical (unpaired) electrons. The molecule has 23 heavy (non-hydrogen) atoms. The maximum atomic E-state index is 11.8. The molecular weight excluding hydrogens is 318 g/mol. The van der Waals surface area contributed by atoms with Crippen LogP contribution in [-0.2, 0) is 19.1 Å². The number of anilines is 1. The molecule has 2 N–H and O–H groups in total. The highest BCUT2D eigenvalue weighted by Gasteiger charge is 2.10. The van der Waals surface area contributed by atoms with E-state index in [4.69, 9.17) is 10.00 Å². The third-order valence-electron chi connectivity index (χ3n) is 2.52. The lowest BCUT2D eigenvalue weighted by molar-refractivity contribution is -0.147. The molecule has 0 heterocycles. The summed E-state index contributed by atoms with van der Waals surface area (Å²) in [5.74, 6) is -1.00. The topological polar surface area (TPSA) is 108 Å². The van der Waals surface area contributed by atoms with Crippen molar-refractivity contribution >= 4 is 35.2 Å². The Labute approximate surface area is 138 Å². The van der Waals surface area contributed by atoms with Crippen molar-refractivity contribution in [1.82, 2.24) is 5.32 Å². The maximum Gasteiger partial charge on any atom is 0.308 e. The summed E-state index contributed by atoms with van der Waals surface area (Å²) >= 11 is 1.30. The molecule has 0 unspecified atom stereocenters. The van der Waals surface area contributed by atoms with Gasteiger partial charge >= 0.3 is 5.97 Å². The first-order chi connectivity index (χ1) is 11.0. The lowest BCUT2D eigenvalue weighted by Crippen LogP contribution is -2.26. The zero-order valence-corrected chi connectivity index (χ0v) is 13.4. The van der Waals surface area contributed by atoms with Crippen molar-refractivity contribution in [3.05, 3.63) is 24.3 Å². The van der Waals surface area contributed by atoms with E-state index in [0.29, 0.717) is 5.69 Å². The summed E-state index contributed by atoms with van der Waals surface area (Å²) < 4.78 is 4.82. The molecule has 1 aromatic carbocycles.